The van der Waals surface area contributed by atoms with Crippen LogP contribution in [0.2, 0.25) is 0 Å². The van der Waals surface area contributed by atoms with Crippen molar-refractivity contribution in [2.24, 2.45) is 23.7 Å². The van der Waals surface area contributed by atoms with Crippen LogP contribution in [0, 0.1) is 23.7 Å². The van der Waals surface area contributed by atoms with E-state index in [-0.39, 0.29) is 43.5 Å². The first-order valence-corrected chi connectivity index (χ1v) is 16.4. The maximum atomic E-state index is 14.0. The van der Waals surface area contributed by atoms with Gasteiger partial charge in [0.15, 0.2) is 5.79 Å². The second-order valence-electron chi connectivity index (χ2n) is 14.4. The van der Waals surface area contributed by atoms with E-state index in [0.29, 0.717) is 29.9 Å². The van der Waals surface area contributed by atoms with Crippen molar-refractivity contribution in [1.82, 2.24) is 0 Å². The van der Waals surface area contributed by atoms with E-state index in [9.17, 15) is 20.1 Å². The van der Waals surface area contributed by atoms with Gasteiger partial charge in [0.1, 0.15) is 29.8 Å². The molecular formula is C36H52O8. The number of carbonyl (C=O) groups is 1. The van der Waals surface area contributed by atoms with Gasteiger partial charge in [-0.25, -0.2) is 0 Å². The summed E-state index contributed by atoms with van der Waals surface area (Å²) < 4.78 is 25.7. The minimum Gasteiger partial charge on any atom is -0.462 e. The molecule has 5 unspecified atom stereocenters. The summed E-state index contributed by atoms with van der Waals surface area (Å²) in [6.45, 7) is 14.4. The lowest BCUT2D eigenvalue weighted by Crippen LogP contribution is -2.59. The van der Waals surface area contributed by atoms with Crippen molar-refractivity contribution >= 4 is 5.97 Å². The number of hydrogen-bond acceptors (Lipinski definition) is 8. The van der Waals surface area contributed by atoms with Crippen LogP contribution in [-0.4, -0.2) is 75.9 Å². The Balaban J connectivity index is 1.52. The Morgan fingerprint density at radius 3 is 2.59 bits per heavy atom. The molecule has 44 heavy (non-hydrogen) atoms. The van der Waals surface area contributed by atoms with Crippen molar-refractivity contribution in [3.05, 3.63) is 58.7 Å². The zero-order valence-corrected chi connectivity index (χ0v) is 27.4. The molecule has 4 aliphatic heterocycles. The van der Waals surface area contributed by atoms with Crippen molar-refractivity contribution in [2.45, 2.75) is 129 Å². The van der Waals surface area contributed by atoms with E-state index < -0.39 is 47.7 Å². The Morgan fingerprint density at radius 2 is 1.86 bits per heavy atom. The topological polar surface area (TPSA) is 115 Å². The van der Waals surface area contributed by atoms with Crippen LogP contribution < -0.4 is 0 Å². The van der Waals surface area contributed by atoms with Gasteiger partial charge in [-0.1, -0.05) is 69.7 Å². The van der Waals surface area contributed by atoms with Crippen molar-refractivity contribution in [3.8, 4) is 0 Å². The molecule has 0 radical (unpaired) electrons. The van der Waals surface area contributed by atoms with Gasteiger partial charge in [0, 0.05) is 25.2 Å². The Labute approximate surface area is 262 Å². The van der Waals surface area contributed by atoms with Crippen molar-refractivity contribution in [2.75, 3.05) is 6.61 Å². The van der Waals surface area contributed by atoms with Crippen LogP contribution in [0.4, 0.5) is 0 Å². The van der Waals surface area contributed by atoms with Gasteiger partial charge in [-0.3, -0.25) is 4.79 Å². The molecule has 0 aromatic rings. The lowest BCUT2D eigenvalue weighted by atomic mass is 9.71. The number of aliphatic hydroxyl groups excluding tert-OH is 2. The van der Waals surface area contributed by atoms with Crippen molar-refractivity contribution < 1.29 is 39.1 Å². The van der Waals surface area contributed by atoms with E-state index in [2.05, 4.69) is 45.9 Å². The molecule has 3 saturated heterocycles. The Bertz CT molecular complexity index is 1240. The number of hydrogen-bond donors (Lipinski definition) is 3. The second-order valence-corrected chi connectivity index (χ2v) is 14.4. The normalized spacial score (nSPS) is 46.8. The molecule has 5 aliphatic rings. The largest absolute Gasteiger partial charge is 0.462 e. The molecule has 0 amide bonds. The molecule has 0 aromatic carbocycles. The van der Waals surface area contributed by atoms with Gasteiger partial charge in [0.2, 0.25) is 0 Å². The summed E-state index contributed by atoms with van der Waals surface area (Å²) in [7, 11) is 0. The smallest absolute Gasteiger partial charge is 0.316 e. The first-order chi connectivity index (χ1) is 20.7. The van der Waals surface area contributed by atoms with Crippen molar-refractivity contribution in [1.29, 1.82) is 0 Å². The molecule has 8 heteroatoms. The van der Waals surface area contributed by atoms with Crippen LogP contribution in [0.15, 0.2) is 58.7 Å². The predicted octanol–water partition coefficient (Wildman–Crippen LogP) is 5.09. The highest BCUT2D eigenvalue weighted by molar-refractivity contribution is 5.78. The van der Waals surface area contributed by atoms with E-state index in [0.717, 1.165) is 12.0 Å². The van der Waals surface area contributed by atoms with Crippen LogP contribution in [0.3, 0.4) is 0 Å². The molecule has 8 nitrogen and oxygen atoms in total. The molecule has 5 rings (SSSR count). The Morgan fingerprint density at radius 1 is 1.11 bits per heavy atom. The third-order valence-electron chi connectivity index (χ3n) is 10.1. The highest BCUT2D eigenvalue weighted by atomic mass is 16.7. The third kappa shape index (κ3) is 6.58. The minimum atomic E-state index is -1.74. The first kappa shape index (κ1) is 33.3. The van der Waals surface area contributed by atoms with Gasteiger partial charge in [-0.15, -0.1) is 0 Å². The van der Waals surface area contributed by atoms with Crippen LogP contribution in [0.25, 0.3) is 0 Å². The van der Waals surface area contributed by atoms with Crippen molar-refractivity contribution in [3.63, 3.8) is 0 Å². The first-order valence-electron chi connectivity index (χ1n) is 16.4. The predicted molar refractivity (Wildman–Crippen MR) is 167 cm³/mol. The van der Waals surface area contributed by atoms with Crippen LogP contribution in [0.5, 0.6) is 0 Å². The van der Waals surface area contributed by atoms with Gasteiger partial charge in [0.25, 0.3) is 0 Å². The van der Waals surface area contributed by atoms with Gasteiger partial charge < -0.3 is 34.3 Å². The van der Waals surface area contributed by atoms with Crippen LogP contribution in [0.1, 0.15) is 80.6 Å². The molecule has 4 heterocycles. The third-order valence-corrected chi connectivity index (χ3v) is 10.1. The number of esters is 1. The molecule has 3 fully saturated rings. The fourth-order valence-electron chi connectivity index (χ4n) is 7.85. The molecule has 244 valence electrons. The Hall–Kier alpha value is -2.07. The molecular weight excluding hydrogens is 560 g/mol. The van der Waals surface area contributed by atoms with E-state index >= 15 is 0 Å². The highest BCUT2D eigenvalue weighted by Gasteiger charge is 2.60. The highest BCUT2D eigenvalue weighted by Crippen LogP contribution is 2.47. The van der Waals surface area contributed by atoms with E-state index in [4.69, 9.17) is 18.9 Å². The van der Waals surface area contributed by atoms with Crippen LogP contribution in [-0.2, 0) is 23.7 Å². The monoisotopic (exact) mass is 612 g/mol. The summed E-state index contributed by atoms with van der Waals surface area (Å²) in [5.41, 5.74) is 1.64. The summed E-state index contributed by atoms with van der Waals surface area (Å²) >= 11 is 0. The van der Waals surface area contributed by atoms with Gasteiger partial charge in [-0.2, -0.15) is 0 Å². The van der Waals surface area contributed by atoms with Gasteiger partial charge in [0.05, 0.1) is 24.9 Å². The van der Waals surface area contributed by atoms with E-state index in [1.54, 1.807) is 13.0 Å². The number of carbonyl (C=O) groups excluding carboxylic acids is 1. The minimum absolute atomic E-state index is 0.109. The fourth-order valence-corrected chi connectivity index (χ4v) is 7.85. The van der Waals surface area contributed by atoms with E-state index in [1.165, 1.54) is 5.57 Å². The molecule has 1 aliphatic carbocycles. The summed E-state index contributed by atoms with van der Waals surface area (Å²) in [5, 5.41) is 34.3. The maximum Gasteiger partial charge on any atom is 0.316 e. The van der Waals surface area contributed by atoms with E-state index in [1.807, 2.05) is 26.0 Å². The molecule has 0 aromatic heterocycles. The summed E-state index contributed by atoms with van der Waals surface area (Å²) in [5.74, 6) is -2.31. The van der Waals surface area contributed by atoms with Gasteiger partial charge in [-0.05, 0) is 62.2 Å². The zero-order valence-electron chi connectivity index (χ0n) is 27.4. The SMILES string of the molecule is CC1=CC2C(=O)OC3CC(C/C=C(\C)C[C@@H](C)/C=C/C=C4\COC([C@@H]1O)[C@@]42O)OC1(C3)C[C@H](O)[C@H](C)[C@@H](/C(C)=C/C(C)C)O1. The number of fused-ring (bicyclic) bond motifs is 2. The average Bonchev–Trinajstić information content (AvgIpc) is 3.27. The van der Waals surface area contributed by atoms with Crippen LogP contribution >= 0.6 is 0 Å². The quantitative estimate of drug-likeness (QED) is 0.292. The number of allylic oxidation sites excluding steroid dienone is 5. The number of ether oxygens (including phenoxy) is 4. The molecule has 0 saturated carbocycles. The van der Waals surface area contributed by atoms with Gasteiger partial charge >= 0.3 is 5.97 Å². The molecule has 11 atom stereocenters. The standard InChI is InChI=1S/C36H52O8/c1-20(2)13-24(6)32-25(7)30(37)18-35(44-32)17-28-16-27(43-35)12-11-22(4)14-21(3)9-8-10-26-19-41-33-31(38)23(5)15-29(34(39)42-28)36(26,33)40/h8-11,13,15,20-21,25,27-33,37-38,40H,12,14,16-19H2,1-7H3/b9-8+,22-11+,24-13+,26-10+/t21-,25-,27?,28?,29?,30-,31+,32+,33?,35?,36+/m0/s1. The average molecular weight is 613 g/mol. The molecule has 2 bridgehead atoms. The summed E-state index contributed by atoms with van der Waals surface area (Å²) in [6.07, 6.45) is 10.4. The number of rotatable bonds is 2. The number of aliphatic hydroxyl groups is 3. The summed E-state index contributed by atoms with van der Waals surface area (Å²) in [6, 6.07) is 0. The lowest BCUT2D eigenvalue weighted by Gasteiger charge is -2.51. The summed E-state index contributed by atoms with van der Waals surface area (Å²) in [4.78, 5) is 14.0. The molecule has 1 spiro atoms. The second kappa shape index (κ2) is 13.0. The zero-order chi connectivity index (χ0) is 32.0. The maximum absolute atomic E-state index is 14.0. The fraction of sp³-hybridized carbons (Fsp3) is 0.694. The Kier molecular flexibility index (Phi) is 9.82. The molecule has 3 N–H and O–H groups in total. The lowest BCUT2D eigenvalue weighted by molar-refractivity contribution is -0.342.